The van der Waals surface area contributed by atoms with E-state index in [0.29, 0.717) is 11.4 Å². The van der Waals surface area contributed by atoms with Crippen LogP contribution in [-0.4, -0.2) is 25.0 Å². The van der Waals surface area contributed by atoms with Gasteiger partial charge in [-0.3, -0.25) is 9.59 Å². The average Bonchev–Trinajstić information content (AvgIpc) is 2.61. The number of methoxy groups -OCH3 is 1. The van der Waals surface area contributed by atoms with E-state index in [4.69, 9.17) is 10.5 Å². The van der Waals surface area contributed by atoms with Gasteiger partial charge in [-0.15, -0.1) is 0 Å². The molecule has 4 N–H and O–H groups in total. The van der Waals surface area contributed by atoms with Crippen LogP contribution in [0.3, 0.4) is 0 Å². The first-order valence-corrected chi connectivity index (χ1v) is 8.03. The fourth-order valence-electron chi connectivity index (χ4n) is 2.26. The van der Waals surface area contributed by atoms with Crippen LogP contribution in [0.1, 0.15) is 24.9 Å². The average molecular weight is 341 g/mol. The van der Waals surface area contributed by atoms with Crippen molar-refractivity contribution in [3.05, 3.63) is 60.2 Å². The summed E-state index contributed by atoms with van der Waals surface area (Å²) in [6.07, 6.45) is -0.386. The standard InChI is InChI=1S/C19H23N3O3/c1-13(25-2)19(24)22-16-10-6-9-15(11-16)21-18(23)12-17(20)14-7-4-3-5-8-14/h3-11,13,17H,12,20H2,1-2H3,(H,21,23)(H,22,24). The number of benzene rings is 2. The second-order valence-electron chi connectivity index (χ2n) is 5.72. The zero-order valence-corrected chi connectivity index (χ0v) is 14.4. The Balaban J connectivity index is 1.95. The molecular weight excluding hydrogens is 318 g/mol. The number of hydrogen-bond donors (Lipinski definition) is 3. The van der Waals surface area contributed by atoms with Crippen LogP contribution in [-0.2, 0) is 14.3 Å². The monoisotopic (exact) mass is 341 g/mol. The van der Waals surface area contributed by atoms with Gasteiger partial charge in [0.15, 0.2) is 0 Å². The van der Waals surface area contributed by atoms with Gasteiger partial charge in [0, 0.05) is 30.9 Å². The Hall–Kier alpha value is -2.70. The Kier molecular flexibility index (Phi) is 6.68. The molecule has 2 amide bonds. The van der Waals surface area contributed by atoms with Crippen LogP contribution in [0, 0.1) is 0 Å². The van der Waals surface area contributed by atoms with Crippen molar-refractivity contribution in [1.29, 1.82) is 0 Å². The number of amides is 2. The van der Waals surface area contributed by atoms with Crippen LogP contribution < -0.4 is 16.4 Å². The molecule has 0 aliphatic rings. The minimum absolute atomic E-state index is 0.168. The summed E-state index contributed by atoms with van der Waals surface area (Å²) in [7, 11) is 1.47. The largest absolute Gasteiger partial charge is 0.372 e. The summed E-state index contributed by atoms with van der Waals surface area (Å²) in [5.41, 5.74) is 8.15. The van der Waals surface area contributed by atoms with Crippen LogP contribution in [0.2, 0.25) is 0 Å². The third-order valence-electron chi connectivity index (χ3n) is 3.77. The number of carbonyl (C=O) groups excluding carboxylic acids is 2. The molecule has 2 rings (SSSR count). The highest BCUT2D eigenvalue weighted by Crippen LogP contribution is 2.18. The molecule has 132 valence electrons. The molecule has 6 heteroatoms. The number of nitrogens with two attached hydrogens (primary N) is 1. The van der Waals surface area contributed by atoms with Gasteiger partial charge in [-0.25, -0.2) is 0 Å². The van der Waals surface area contributed by atoms with Gasteiger partial charge in [-0.2, -0.15) is 0 Å². The van der Waals surface area contributed by atoms with Crippen LogP contribution in [0.25, 0.3) is 0 Å². The number of hydrogen-bond acceptors (Lipinski definition) is 4. The topological polar surface area (TPSA) is 93.5 Å². The van der Waals surface area contributed by atoms with Crippen molar-refractivity contribution in [2.45, 2.75) is 25.5 Å². The zero-order valence-electron chi connectivity index (χ0n) is 14.4. The summed E-state index contributed by atoms with van der Waals surface area (Å²) in [6, 6.07) is 16.0. The van der Waals surface area contributed by atoms with Crippen LogP contribution in [0.5, 0.6) is 0 Å². The first-order chi connectivity index (χ1) is 12.0. The van der Waals surface area contributed by atoms with Gasteiger partial charge < -0.3 is 21.1 Å². The lowest BCUT2D eigenvalue weighted by Gasteiger charge is -2.14. The van der Waals surface area contributed by atoms with Crippen molar-refractivity contribution in [1.82, 2.24) is 0 Å². The normalized spacial score (nSPS) is 12.9. The Morgan fingerprint density at radius 1 is 1.04 bits per heavy atom. The SMILES string of the molecule is COC(C)C(=O)Nc1cccc(NC(=O)CC(N)c2ccccc2)c1. The van der Waals surface area contributed by atoms with E-state index in [2.05, 4.69) is 10.6 Å². The van der Waals surface area contributed by atoms with Crippen LogP contribution in [0.15, 0.2) is 54.6 Å². The van der Waals surface area contributed by atoms with Gasteiger partial charge in [0.1, 0.15) is 6.10 Å². The molecule has 0 aliphatic heterocycles. The van der Waals surface area contributed by atoms with Gasteiger partial charge in [-0.1, -0.05) is 36.4 Å². The summed E-state index contributed by atoms with van der Waals surface area (Å²) in [4.78, 5) is 24.0. The number of rotatable bonds is 7. The zero-order chi connectivity index (χ0) is 18.2. The van der Waals surface area contributed by atoms with E-state index in [1.807, 2.05) is 30.3 Å². The molecule has 0 aromatic heterocycles. The molecule has 25 heavy (non-hydrogen) atoms. The molecule has 2 atom stereocenters. The minimum atomic E-state index is -0.554. The van der Waals surface area contributed by atoms with Gasteiger partial charge in [0.25, 0.3) is 5.91 Å². The first-order valence-electron chi connectivity index (χ1n) is 8.03. The van der Waals surface area contributed by atoms with Crippen LogP contribution in [0.4, 0.5) is 11.4 Å². The molecule has 2 aromatic rings. The lowest BCUT2D eigenvalue weighted by atomic mass is 10.0. The van der Waals surface area contributed by atoms with E-state index >= 15 is 0 Å². The summed E-state index contributed by atoms with van der Waals surface area (Å²) in [5.74, 6) is -0.442. The molecular formula is C19H23N3O3. The van der Waals surface area contributed by atoms with E-state index < -0.39 is 6.10 Å². The Morgan fingerprint density at radius 3 is 2.32 bits per heavy atom. The molecule has 6 nitrogen and oxygen atoms in total. The predicted molar refractivity (Wildman–Crippen MR) is 98.2 cm³/mol. The van der Waals surface area contributed by atoms with E-state index in [-0.39, 0.29) is 24.3 Å². The Bertz CT molecular complexity index is 719. The maximum atomic E-state index is 12.2. The minimum Gasteiger partial charge on any atom is -0.372 e. The second kappa shape index (κ2) is 8.96. The van der Waals surface area contributed by atoms with E-state index in [9.17, 15) is 9.59 Å². The molecule has 0 radical (unpaired) electrons. The fraction of sp³-hybridized carbons (Fsp3) is 0.263. The first kappa shape index (κ1) is 18.6. The summed E-state index contributed by atoms with van der Waals surface area (Å²) < 4.78 is 4.97. The lowest BCUT2D eigenvalue weighted by molar-refractivity contribution is -0.124. The summed E-state index contributed by atoms with van der Waals surface area (Å²) >= 11 is 0. The highest BCUT2D eigenvalue weighted by molar-refractivity contribution is 5.96. The molecule has 0 aliphatic carbocycles. The summed E-state index contributed by atoms with van der Waals surface area (Å²) in [5, 5.41) is 5.53. The molecule has 0 saturated heterocycles. The van der Waals surface area contributed by atoms with Crippen molar-refractivity contribution >= 4 is 23.2 Å². The van der Waals surface area contributed by atoms with E-state index in [1.54, 1.807) is 31.2 Å². The molecule has 2 aromatic carbocycles. The lowest BCUT2D eigenvalue weighted by Crippen LogP contribution is -2.26. The van der Waals surface area contributed by atoms with E-state index in [1.165, 1.54) is 7.11 Å². The molecule has 0 heterocycles. The number of carbonyl (C=O) groups is 2. The smallest absolute Gasteiger partial charge is 0.253 e. The Morgan fingerprint density at radius 2 is 1.68 bits per heavy atom. The highest BCUT2D eigenvalue weighted by atomic mass is 16.5. The molecule has 0 bridgehead atoms. The number of nitrogens with one attached hydrogen (secondary N) is 2. The van der Waals surface area contributed by atoms with Crippen molar-refractivity contribution in [3.8, 4) is 0 Å². The van der Waals surface area contributed by atoms with Gasteiger partial charge >= 0.3 is 0 Å². The maximum absolute atomic E-state index is 12.2. The van der Waals surface area contributed by atoms with Crippen molar-refractivity contribution in [2.24, 2.45) is 5.73 Å². The maximum Gasteiger partial charge on any atom is 0.253 e. The van der Waals surface area contributed by atoms with Gasteiger partial charge in [0.2, 0.25) is 5.91 Å². The van der Waals surface area contributed by atoms with Crippen molar-refractivity contribution in [2.75, 3.05) is 17.7 Å². The van der Waals surface area contributed by atoms with Gasteiger partial charge in [0.05, 0.1) is 0 Å². The Labute approximate surface area is 147 Å². The highest BCUT2D eigenvalue weighted by Gasteiger charge is 2.13. The fourth-order valence-corrected chi connectivity index (χ4v) is 2.26. The molecule has 0 fully saturated rings. The third kappa shape index (κ3) is 5.70. The van der Waals surface area contributed by atoms with Crippen LogP contribution >= 0.6 is 0 Å². The second-order valence-corrected chi connectivity index (χ2v) is 5.72. The van der Waals surface area contributed by atoms with Gasteiger partial charge in [-0.05, 0) is 30.7 Å². The molecule has 0 spiro atoms. The quantitative estimate of drug-likeness (QED) is 0.722. The summed E-state index contributed by atoms with van der Waals surface area (Å²) in [6.45, 7) is 1.66. The predicted octanol–water partition coefficient (Wildman–Crippen LogP) is 2.69. The number of ether oxygens (including phenoxy) is 1. The number of anilines is 2. The van der Waals surface area contributed by atoms with Crippen molar-refractivity contribution in [3.63, 3.8) is 0 Å². The molecule has 0 saturated carbocycles. The molecule has 2 unspecified atom stereocenters. The third-order valence-corrected chi connectivity index (χ3v) is 3.77. The van der Waals surface area contributed by atoms with E-state index in [0.717, 1.165) is 5.56 Å². The van der Waals surface area contributed by atoms with Crippen molar-refractivity contribution < 1.29 is 14.3 Å².